The molecule has 0 radical (unpaired) electrons. The van der Waals surface area contributed by atoms with Crippen LogP contribution < -0.4 is 10.6 Å². The Morgan fingerprint density at radius 1 is 1.22 bits per heavy atom. The van der Waals surface area contributed by atoms with Crippen molar-refractivity contribution >= 4 is 29.3 Å². The minimum atomic E-state index is -1.64. The number of Topliss-reactive ketones (excluding diaryl/α,β-unsaturated/α-hetero) is 1. The Kier molecular flexibility index (Phi) is 4.29. The van der Waals surface area contributed by atoms with Crippen molar-refractivity contribution < 1.29 is 23.5 Å². The minimum absolute atomic E-state index is 0.0420. The molecule has 0 bridgehead atoms. The molecule has 4 heterocycles. The molecule has 1 unspecified atom stereocenters. The maximum Gasteiger partial charge on any atom is 0.346 e. The number of hydrogen-bond donors (Lipinski definition) is 2. The van der Waals surface area contributed by atoms with Gasteiger partial charge in [0, 0.05) is 12.5 Å². The van der Waals surface area contributed by atoms with Gasteiger partial charge in [-0.15, -0.1) is 0 Å². The standard InChI is InChI=1S/C21H17FN6O4/c1-3-32-20(31)21-15-17(25-19(21)30)23-16(24-18(15)26-21)13-8-14(10(2)29)28(27-13)9-11-6-4-5-7-12(11)22/h4-8H,3,9H2,1-2H3,(H2,23,24,25,26,30). The summed E-state index contributed by atoms with van der Waals surface area (Å²) in [4.78, 5) is 45.7. The molecule has 162 valence electrons. The van der Waals surface area contributed by atoms with Crippen molar-refractivity contribution in [3.05, 3.63) is 53.0 Å². The molecule has 2 N–H and O–H groups in total. The second-order valence-corrected chi connectivity index (χ2v) is 7.39. The summed E-state index contributed by atoms with van der Waals surface area (Å²) in [6, 6.07) is 7.72. The van der Waals surface area contributed by atoms with Gasteiger partial charge in [-0.1, -0.05) is 18.2 Å². The van der Waals surface area contributed by atoms with Crippen molar-refractivity contribution in [2.45, 2.75) is 25.9 Å². The molecule has 11 heteroatoms. The van der Waals surface area contributed by atoms with E-state index in [1.807, 2.05) is 0 Å². The maximum absolute atomic E-state index is 14.1. The molecule has 5 rings (SSSR count). The van der Waals surface area contributed by atoms with Crippen LogP contribution >= 0.6 is 0 Å². The molecule has 2 aliphatic heterocycles. The summed E-state index contributed by atoms with van der Waals surface area (Å²) in [5, 5.41) is 9.76. The van der Waals surface area contributed by atoms with Crippen molar-refractivity contribution in [2.75, 3.05) is 17.2 Å². The number of nitrogens with zero attached hydrogens (tertiary/aromatic N) is 4. The maximum atomic E-state index is 14.1. The van der Waals surface area contributed by atoms with E-state index in [-0.39, 0.29) is 42.0 Å². The van der Waals surface area contributed by atoms with E-state index in [4.69, 9.17) is 4.74 Å². The zero-order chi connectivity index (χ0) is 22.6. The largest absolute Gasteiger partial charge is 0.464 e. The van der Waals surface area contributed by atoms with Gasteiger partial charge in [0.25, 0.3) is 5.91 Å². The van der Waals surface area contributed by atoms with Crippen molar-refractivity contribution in [3.63, 3.8) is 0 Å². The number of rotatable bonds is 6. The molecule has 2 aliphatic rings. The lowest BCUT2D eigenvalue weighted by Crippen LogP contribution is -2.56. The number of esters is 1. The molecule has 10 nitrogen and oxygen atoms in total. The van der Waals surface area contributed by atoms with Gasteiger partial charge in [0.1, 0.15) is 28.8 Å². The quantitative estimate of drug-likeness (QED) is 0.341. The van der Waals surface area contributed by atoms with Crippen molar-refractivity contribution in [3.8, 4) is 11.5 Å². The van der Waals surface area contributed by atoms with Gasteiger partial charge in [0.05, 0.1) is 18.7 Å². The van der Waals surface area contributed by atoms with Gasteiger partial charge < -0.3 is 15.4 Å². The van der Waals surface area contributed by atoms with Crippen LogP contribution in [0.25, 0.3) is 11.5 Å². The Bertz CT molecular complexity index is 1320. The summed E-state index contributed by atoms with van der Waals surface area (Å²) < 4.78 is 20.5. The van der Waals surface area contributed by atoms with E-state index in [1.165, 1.54) is 23.7 Å². The first-order valence-corrected chi connectivity index (χ1v) is 9.87. The van der Waals surface area contributed by atoms with Gasteiger partial charge in [-0.05, 0) is 19.1 Å². The van der Waals surface area contributed by atoms with Crippen molar-refractivity contribution in [1.29, 1.82) is 0 Å². The topological polar surface area (TPSA) is 128 Å². The van der Waals surface area contributed by atoms with E-state index in [2.05, 4.69) is 25.7 Å². The first-order chi connectivity index (χ1) is 15.3. The van der Waals surface area contributed by atoms with Gasteiger partial charge >= 0.3 is 5.97 Å². The molecule has 0 spiro atoms. The molecule has 1 atom stereocenters. The average molecular weight is 436 g/mol. The van der Waals surface area contributed by atoms with Crippen molar-refractivity contribution in [1.82, 2.24) is 19.7 Å². The lowest BCUT2D eigenvalue weighted by Gasteiger charge is -2.35. The fourth-order valence-electron chi connectivity index (χ4n) is 3.86. The second-order valence-electron chi connectivity index (χ2n) is 7.39. The molecular formula is C21H17FN6O4. The molecule has 2 aromatic heterocycles. The third-order valence-electron chi connectivity index (χ3n) is 5.39. The smallest absolute Gasteiger partial charge is 0.346 e. The van der Waals surface area contributed by atoms with E-state index < -0.39 is 23.2 Å². The second kappa shape index (κ2) is 6.94. The van der Waals surface area contributed by atoms with Crippen LogP contribution in [-0.2, 0) is 26.4 Å². The molecule has 0 fully saturated rings. The highest BCUT2D eigenvalue weighted by Gasteiger charge is 2.64. The van der Waals surface area contributed by atoms with E-state index in [9.17, 15) is 18.8 Å². The number of aromatic nitrogens is 4. The van der Waals surface area contributed by atoms with Gasteiger partial charge in [0.15, 0.2) is 11.6 Å². The number of carbonyl (C=O) groups is 3. The average Bonchev–Trinajstić information content (AvgIpc) is 3.25. The molecule has 3 aromatic rings. The monoisotopic (exact) mass is 436 g/mol. The first kappa shape index (κ1) is 19.8. The zero-order valence-corrected chi connectivity index (χ0v) is 17.1. The number of ketones is 1. The summed E-state index contributed by atoms with van der Waals surface area (Å²) in [6.07, 6.45) is 0. The summed E-state index contributed by atoms with van der Waals surface area (Å²) in [6.45, 7) is 3.19. The van der Waals surface area contributed by atoms with Gasteiger partial charge in [-0.3, -0.25) is 14.3 Å². The highest BCUT2D eigenvalue weighted by molar-refractivity contribution is 6.24. The number of benzene rings is 1. The van der Waals surface area contributed by atoms with Crippen LogP contribution in [0.2, 0.25) is 0 Å². The number of anilines is 2. The van der Waals surface area contributed by atoms with Crippen LogP contribution in [-0.4, -0.2) is 44.0 Å². The molecule has 1 aromatic carbocycles. The molecule has 0 saturated carbocycles. The van der Waals surface area contributed by atoms with E-state index >= 15 is 0 Å². The Labute approximate surface area is 180 Å². The third-order valence-corrected chi connectivity index (χ3v) is 5.39. The highest BCUT2D eigenvalue weighted by Crippen LogP contribution is 2.50. The minimum Gasteiger partial charge on any atom is -0.464 e. The molecular weight excluding hydrogens is 419 g/mol. The first-order valence-electron chi connectivity index (χ1n) is 9.87. The van der Waals surface area contributed by atoms with Crippen LogP contribution in [0.15, 0.2) is 30.3 Å². The third kappa shape index (κ3) is 2.70. The summed E-state index contributed by atoms with van der Waals surface area (Å²) in [7, 11) is 0. The normalized spacial score (nSPS) is 17.8. The fourth-order valence-corrected chi connectivity index (χ4v) is 3.86. The van der Waals surface area contributed by atoms with Gasteiger partial charge in [-0.25, -0.2) is 19.2 Å². The van der Waals surface area contributed by atoms with Crippen LogP contribution in [0.3, 0.4) is 0 Å². The van der Waals surface area contributed by atoms with Crippen LogP contribution in [0.1, 0.15) is 35.5 Å². The van der Waals surface area contributed by atoms with Gasteiger partial charge in [-0.2, -0.15) is 5.10 Å². The fraction of sp³-hybridized carbons (Fsp3) is 0.238. The molecule has 0 saturated heterocycles. The summed E-state index contributed by atoms with van der Waals surface area (Å²) in [5.41, 5.74) is -0.434. The van der Waals surface area contributed by atoms with E-state index in [0.29, 0.717) is 16.9 Å². The number of amides is 1. The van der Waals surface area contributed by atoms with Crippen molar-refractivity contribution in [2.24, 2.45) is 0 Å². The Hall–Kier alpha value is -4.15. The number of nitrogens with one attached hydrogen (secondary N) is 2. The predicted molar refractivity (Wildman–Crippen MR) is 109 cm³/mol. The SMILES string of the molecule is CCOC(=O)C12Nc3nc(-c4cc(C(C)=O)n(Cc5ccccc5F)n4)nc(c31)NC2=O. The number of hydrogen-bond acceptors (Lipinski definition) is 8. The Balaban J connectivity index is 1.54. The summed E-state index contributed by atoms with van der Waals surface area (Å²) in [5.74, 6) is -1.39. The van der Waals surface area contributed by atoms with Gasteiger partial charge in [0.2, 0.25) is 5.54 Å². The molecule has 1 amide bonds. The predicted octanol–water partition coefficient (Wildman–Crippen LogP) is 1.87. The van der Waals surface area contributed by atoms with Crippen LogP contribution in [0.5, 0.6) is 0 Å². The highest BCUT2D eigenvalue weighted by atomic mass is 19.1. The summed E-state index contributed by atoms with van der Waals surface area (Å²) >= 11 is 0. The number of halogens is 1. The lowest BCUT2D eigenvalue weighted by molar-refractivity contribution is -0.152. The molecule has 0 aliphatic carbocycles. The Morgan fingerprint density at radius 3 is 2.69 bits per heavy atom. The number of ether oxygens (including phenoxy) is 1. The molecule has 32 heavy (non-hydrogen) atoms. The van der Waals surface area contributed by atoms with E-state index in [1.54, 1.807) is 25.1 Å². The lowest BCUT2D eigenvalue weighted by atomic mass is 9.85. The van der Waals surface area contributed by atoms with E-state index in [0.717, 1.165) is 0 Å². The number of carbonyl (C=O) groups excluding carboxylic acids is 3. The van der Waals surface area contributed by atoms with Crippen LogP contribution in [0.4, 0.5) is 16.0 Å². The van der Waals surface area contributed by atoms with Crippen LogP contribution in [0, 0.1) is 5.82 Å². The zero-order valence-electron chi connectivity index (χ0n) is 17.1. The Morgan fingerprint density at radius 2 is 1.97 bits per heavy atom.